The van der Waals surface area contributed by atoms with E-state index >= 15 is 0 Å². The summed E-state index contributed by atoms with van der Waals surface area (Å²) in [5, 5.41) is 17.7. The molecule has 0 aliphatic heterocycles. The summed E-state index contributed by atoms with van der Waals surface area (Å²) in [6.07, 6.45) is 2.99. The lowest BCUT2D eigenvalue weighted by Gasteiger charge is -2.21. The molecule has 0 unspecified atom stereocenters. The standard InChI is InChI=1S/C9H14N4O2S/c10-9(16)7-5-12-8(6-11-7)13(1-3-14)2-4-15/h5-6,14-15H,1-4H2,(H2,10,16). The second kappa shape index (κ2) is 6.31. The van der Waals surface area contributed by atoms with Gasteiger partial charge in [-0.2, -0.15) is 0 Å². The summed E-state index contributed by atoms with van der Waals surface area (Å²) in [5.41, 5.74) is 5.84. The van der Waals surface area contributed by atoms with Crippen molar-refractivity contribution in [2.45, 2.75) is 0 Å². The summed E-state index contributed by atoms with van der Waals surface area (Å²) in [4.78, 5) is 10.0. The van der Waals surface area contributed by atoms with Gasteiger partial charge in [0.1, 0.15) is 16.5 Å². The smallest absolute Gasteiger partial charge is 0.147 e. The SMILES string of the molecule is NC(=S)c1cnc(N(CCO)CCO)cn1. The van der Waals surface area contributed by atoms with E-state index in [4.69, 9.17) is 28.2 Å². The lowest BCUT2D eigenvalue weighted by molar-refractivity contribution is 0.280. The molecule has 0 aromatic carbocycles. The predicted molar refractivity (Wildman–Crippen MR) is 64.3 cm³/mol. The molecule has 0 saturated carbocycles. The Kier molecular flexibility index (Phi) is 5.03. The highest BCUT2D eigenvalue weighted by Gasteiger charge is 2.07. The Labute approximate surface area is 98.7 Å². The maximum absolute atomic E-state index is 8.86. The van der Waals surface area contributed by atoms with Gasteiger partial charge in [-0.3, -0.25) is 0 Å². The minimum absolute atomic E-state index is 0.0151. The third-order valence-corrected chi connectivity index (χ3v) is 2.16. The van der Waals surface area contributed by atoms with Crippen LogP contribution in [0.25, 0.3) is 0 Å². The maximum Gasteiger partial charge on any atom is 0.147 e. The van der Waals surface area contributed by atoms with Crippen LogP contribution < -0.4 is 10.6 Å². The number of nitrogens with two attached hydrogens (primary N) is 1. The molecule has 0 spiro atoms. The van der Waals surface area contributed by atoms with E-state index in [1.807, 2.05) is 0 Å². The second-order valence-electron chi connectivity index (χ2n) is 3.06. The molecule has 4 N–H and O–H groups in total. The van der Waals surface area contributed by atoms with Crippen LogP contribution in [0.4, 0.5) is 5.82 Å². The van der Waals surface area contributed by atoms with Gasteiger partial charge >= 0.3 is 0 Å². The van der Waals surface area contributed by atoms with Crippen molar-refractivity contribution in [1.82, 2.24) is 9.97 Å². The van der Waals surface area contributed by atoms with Gasteiger partial charge in [0, 0.05) is 13.1 Å². The molecule has 1 rings (SSSR count). The van der Waals surface area contributed by atoms with Gasteiger partial charge in [-0.15, -0.1) is 0 Å². The number of rotatable bonds is 6. The Morgan fingerprint density at radius 1 is 1.25 bits per heavy atom. The van der Waals surface area contributed by atoms with Gasteiger partial charge in [0.05, 0.1) is 25.6 Å². The van der Waals surface area contributed by atoms with Crippen LogP contribution in [0.1, 0.15) is 5.69 Å². The fourth-order valence-corrected chi connectivity index (χ4v) is 1.30. The van der Waals surface area contributed by atoms with E-state index in [-0.39, 0.29) is 18.2 Å². The van der Waals surface area contributed by atoms with Crippen molar-refractivity contribution in [3.63, 3.8) is 0 Å². The van der Waals surface area contributed by atoms with Gasteiger partial charge < -0.3 is 20.8 Å². The Bertz CT molecular complexity index is 338. The van der Waals surface area contributed by atoms with Gasteiger partial charge in [-0.1, -0.05) is 12.2 Å². The molecule has 6 nitrogen and oxygen atoms in total. The van der Waals surface area contributed by atoms with Crippen LogP contribution in [0.3, 0.4) is 0 Å². The van der Waals surface area contributed by atoms with E-state index < -0.39 is 0 Å². The van der Waals surface area contributed by atoms with E-state index in [2.05, 4.69) is 9.97 Å². The highest BCUT2D eigenvalue weighted by atomic mass is 32.1. The van der Waals surface area contributed by atoms with E-state index in [9.17, 15) is 0 Å². The minimum Gasteiger partial charge on any atom is -0.395 e. The zero-order chi connectivity index (χ0) is 12.0. The van der Waals surface area contributed by atoms with E-state index in [0.717, 1.165) is 0 Å². The molecule has 1 aromatic rings. The molecule has 16 heavy (non-hydrogen) atoms. The first-order valence-electron chi connectivity index (χ1n) is 4.77. The molecule has 0 bridgehead atoms. The number of nitrogens with zero attached hydrogens (tertiary/aromatic N) is 3. The van der Waals surface area contributed by atoms with Gasteiger partial charge in [0.25, 0.3) is 0 Å². The van der Waals surface area contributed by atoms with E-state index in [1.165, 1.54) is 12.4 Å². The van der Waals surface area contributed by atoms with Crippen molar-refractivity contribution in [2.75, 3.05) is 31.2 Å². The number of aromatic nitrogens is 2. The van der Waals surface area contributed by atoms with Gasteiger partial charge in [-0.05, 0) is 0 Å². The third-order valence-electron chi connectivity index (χ3n) is 1.95. The molecule has 7 heteroatoms. The molecule has 0 aliphatic carbocycles. The fourth-order valence-electron chi connectivity index (χ4n) is 1.19. The van der Waals surface area contributed by atoms with Crippen molar-refractivity contribution in [1.29, 1.82) is 0 Å². The predicted octanol–water partition coefficient (Wildman–Crippen LogP) is -1.10. The average molecular weight is 242 g/mol. The highest BCUT2D eigenvalue weighted by Crippen LogP contribution is 2.07. The molecule has 0 saturated heterocycles. The van der Waals surface area contributed by atoms with Crippen LogP contribution >= 0.6 is 12.2 Å². The summed E-state index contributed by atoms with van der Waals surface area (Å²) < 4.78 is 0. The van der Waals surface area contributed by atoms with Crippen LogP contribution in [-0.2, 0) is 0 Å². The van der Waals surface area contributed by atoms with Gasteiger partial charge in [-0.25, -0.2) is 9.97 Å². The van der Waals surface area contributed by atoms with E-state index in [1.54, 1.807) is 4.90 Å². The molecular weight excluding hydrogens is 228 g/mol. The number of thiocarbonyl (C=S) groups is 1. The molecule has 0 aliphatic rings. The molecule has 0 amide bonds. The molecule has 0 atom stereocenters. The lowest BCUT2D eigenvalue weighted by Crippen LogP contribution is -2.30. The summed E-state index contributed by atoms with van der Waals surface area (Å²) in [6.45, 7) is 0.751. The highest BCUT2D eigenvalue weighted by molar-refractivity contribution is 7.80. The average Bonchev–Trinajstić information content (AvgIpc) is 2.29. The summed E-state index contributed by atoms with van der Waals surface area (Å²) in [5.74, 6) is 0.572. The van der Waals surface area contributed by atoms with Crippen molar-refractivity contribution in [3.8, 4) is 0 Å². The molecule has 0 fully saturated rings. The van der Waals surface area contributed by atoms with Crippen LogP contribution in [0.15, 0.2) is 12.4 Å². The van der Waals surface area contributed by atoms with Crippen LogP contribution in [-0.4, -0.2) is 51.5 Å². The summed E-state index contributed by atoms with van der Waals surface area (Å²) >= 11 is 4.76. The zero-order valence-electron chi connectivity index (χ0n) is 8.70. The number of aliphatic hydroxyl groups is 2. The molecule has 1 aromatic heterocycles. The van der Waals surface area contributed by atoms with Crippen molar-refractivity contribution in [3.05, 3.63) is 18.1 Å². The van der Waals surface area contributed by atoms with Crippen molar-refractivity contribution >= 4 is 23.0 Å². The maximum atomic E-state index is 8.86. The Hall–Kier alpha value is -1.31. The molecule has 0 radical (unpaired) electrons. The van der Waals surface area contributed by atoms with Crippen LogP contribution in [0.5, 0.6) is 0 Å². The Morgan fingerprint density at radius 2 is 1.88 bits per heavy atom. The Balaban J connectivity index is 2.80. The topological polar surface area (TPSA) is 95.5 Å². The fraction of sp³-hybridized carbons (Fsp3) is 0.444. The second-order valence-corrected chi connectivity index (χ2v) is 3.50. The lowest BCUT2D eigenvalue weighted by atomic mass is 10.4. The Morgan fingerprint density at radius 3 is 2.25 bits per heavy atom. The number of hydrogen-bond donors (Lipinski definition) is 3. The first-order chi connectivity index (χ1) is 7.69. The monoisotopic (exact) mass is 242 g/mol. The third kappa shape index (κ3) is 3.37. The van der Waals surface area contributed by atoms with Gasteiger partial charge in [0.2, 0.25) is 0 Å². The molecule has 88 valence electrons. The number of anilines is 1. The normalized spacial score (nSPS) is 10.1. The summed E-state index contributed by atoms with van der Waals surface area (Å²) in [6, 6.07) is 0. The summed E-state index contributed by atoms with van der Waals surface area (Å²) in [7, 11) is 0. The van der Waals surface area contributed by atoms with E-state index in [0.29, 0.717) is 24.6 Å². The largest absolute Gasteiger partial charge is 0.395 e. The molecular formula is C9H14N4O2S. The van der Waals surface area contributed by atoms with Crippen LogP contribution in [0.2, 0.25) is 0 Å². The number of aliphatic hydroxyl groups excluding tert-OH is 2. The first kappa shape index (κ1) is 12.8. The first-order valence-corrected chi connectivity index (χ1v) is 5.18. The van der Waals surface area contributed by atoms with Crippen LogP contribution in [0, 0.1) is 0 Å². The van der Waals surface area contributed by atoms with Gasteiger partial charge in [0.15, 0.2) is 0 Å². The minimum atomic E-state index is -0.0151. The quantitative estimate of drug-likeness (QED) is 0.545. The molecule has 1 heterocycles. The van der Waals surface area contributed by atoms with Crippen molar-refractivity contribution < 1.29 is 10.2 Å². The number of hydrogen-bond acceptors (Lipinski definition) is 6. The zero-order valence-corrected chi connectivity index (χ0v) is 9.52. The van der Waals surface area contributed by atoms with Crippen molar-refractivity contribution in [2.24, 2.45) is 5.73 Å².